The summed E-state index contributed by atoms with van der Waals surface area (Å²) >= 11 is 0. The molecule has 10 rings (SSSR count). The van der Waals surface area contributed by atoms with Gasteiger partial charge in [-0.3, -0.25) is 5.01 Å². The lowest BCUT2D eigenvalue weighted by Crippen LogP contribution is -2.26. The molecule has 4 heteroatoms. The van der Waals surface area contributed by atoms with Crippen molar-refractivity contribution in [3.05, 3.63) is 206 Å². The van der Waals surface area contributed by atoms with Crippen LogP contribution in [0.5, 0.6) is 0 Å². The first-order valence-corrected chi connectivity index (χ1v) is 18.2. The summed E-state index contributed by atoms with van der Waals surface area (Å²) in [4.78, 5) is 2.34. The molecule has 4 nitrogen and oxygen atoms in total. The second kappa shape index (κ2) is 13.0. The first-order chi connectivity index (χ1) is 26.3. The van der Waals surface area contributed by atoms with Gasteiger partial charge < -0.3 is 9.47 Å². The van der Waals surface area contributed by atoms with Gasteiger partial charge in [0.25, 0.3) is 0 Å². The molecule has 1 aliphatic heterocycles. The number of benzene rings is 8. The second-order valence-corrected chi connectivity index (χ2v) is 13.5. The molecule has 53 heavy (non-hydrogen) atoms. The van der Waals surface area contributed by atoms with Crippen molar-refractivity contribution < 1.29 is 0 Å². The van der Waals surface area contributed by atoms with E-state index in [-0.39, 0.29) is 0 Å². The Morgan fingerprint density at radius 2 is 0.887 bits per heavy atom. The predicted molar refractivity (Wildman–Crippen MR) is 222 cm³/mol. The zero-order valence-electron chi connectivity index (χ0n) is 29.1. The highest BCUT2D eigenvalue weighted by Crippen LogP contribution is 2.43. The van der Waals surface area contributed by atoms with Crippen molar-refractivity contribution in [3.63, 3.8) is 0 Å². The quantitative estimate of drug-likeness (QED) is 0.181. The smallest absolute Gasteiger partial charge is 0.0631 e. The van der Waals surface area contributed by atoms with Crippen molar-refractivity contribution in [3.8, 4) is 27.9 Å². The monoisotopic (exact) mass is 680 g/mol. The SMILES string of the molecule is c1ccc(-c2ccc(N(c3ccc(-c4ccccc4)cc3)c3ccc(-n4c5ccccc5c5c6c(ccc54)N(c4ccccc4)NC6)cc3)cc2)cc1. The molecule has 8 aromatic carbocycles. The first-order valence-electron chi connectivity index (χ1n) is 18.2. The van der Waals surface area contributed by atoms with Crippen LogP contribution in [-0.4, -0.2) is 4.57 Å². The molecule has 9 aromatic rings. The largest absolute Gasteiger partial charge is 0.311 e. The summed E-state index contributed by atoms with van der Waals surface area (Å²) in [6, 6.07) is 71.7. The van der Waals surface area contributed by atoms with Crippen LogP contribution in [0.4, 0.5) is 28.4 Å². The van der Waals surface area contributed by atoms with E-state index in [0.717, 1.165) is 35.0 Å². The van der Waals surface area contributed by atoms with Crippen LogP contribution < -0.4 is 15.3 Å². The van der Waals surface area contributed by atoms with Crippen LogP contribution in [0.25, 0.3) is 49.7 Å². The molecule has 0 radical (unpaired) electrons. The van der Waals surface area contributed by atoms with Crippen molar-refractivity contribution in [2.45, 2.75) is 6.54 Å². The fourth-order valence-corrected chi connectivity index (χ4v) is 7.90. The van der Waals surface area contributed by atoms with Gasteiger partial charge in [0.2, 0.25) is 0 Å². The van der Waals surface area contributed by atoms with E-state index >= 15 is 0 Å². The maximum atomic E-state index is 3.64. The molecule has 0 amide bonds. The molecule has 0 aliphatic carbocycles. The third-order valence-electron chi connectivity index (χ3n) is 10.4. The standard InChI is InChI=1S/C49H36N4/c1-4-12-35(13-5-1)37-20-24-39(25-21-37)51(40-26-22-38(23-27-40)36-14-6-2-7-15-36)41-28-30-42(31-29-41)52-46-19-11-10-18-44(46)49-45-34-50-53(43-16-8-3-9-17-43)47(45)32-33-48(49)52/h1-33,50H,34H2. The third-order valence-corrected chi connectivity index (χ3v) is 10.4. The van der Waals surface area contributed by atoms with Gasteiger partial charge in [0.05, 0.1) is 22.4 Å². The molecule has 0 unspecified atom stereocenters. The average Bonchev–Trinajstić information content (AvgIpc) is 3.82. The highest BCUT2D eigenvalue weighted by atomic mass is 15.5. The van der Waals surface area contributed by atoms with E-state index in [4.69, 9.17) is 0 Å². The number of hydrogen-bond donors (Lipinski definition) is 1. The zero-order chi connectivity index (χ0) is 35.1. The van der Waals surface area contributed by atoms with Gasteiger partial charge in [-0.05, 0) is 101 Å². The maximum Gasteiger partial charge on any atom is 0.0631 e. The molecule has 252 valence electrons. The summed E-state index contributed by atoms with van der Waals surface area (Å²) < 4.78 is 2.41. The molecule has 0 atom stereocenters. The number of para-hydroxylation sites is 2. The summed E-state index contributed by atoms with van der Waals surface area (Å²) in [5, 5.41) is 4.77. The van der Waals surface area contributed by atoms with Gasteiger partial charge in [0.1, 0.15) is 0 Å². The summed E-state index contributed by atoms with van der Waals surface area (Å²) in [7, 11) is 0. The highest BCUT2D eigenvalue weighted by Gasteiger charge is 2.26. The van der Waals surface area contributed by atoms with Gasteiger partial charge in [-0.1, -0.05) is 121 Å². The van der Waals surface area contributed by atoms with E-state index in [1.54, 1.807) is 0 Å². The van der Waals surface area contributed by atoms with Crippen molar-refractivity contribution in [1.29, 1.82) is 0 Å². The topological polar surface area (TPSA) is 23.4 Å². The molecule has 0 bridgehead atoms. The first kappa shape index (κ1) is 30.9. The average molecular weight is 681 g/mol. The lowest BCUT2D eigenvalue weighted by molar-refractivity contribution is 0.767. The minimum absolute atomic E-state index is 0.773. The molecule has 0 spiro atoms. The Morgan fingerprint density at radius 3 is 1.47 bits per heavy atom. The molecule has 1 aromatic heterocycles. The lowest BCUT2D eigenvalue weighted by Gasteiger charge is -2.26. The van der Waals surface area contributed by atoms with E-state index in [2.05, 4.69) is 220 Å². The Balaban J connectivity index is 1.06. The minimum Gasteiger partial charge on any atom is -0.311 e. The molecule has 1 aliphatic rings. The van der Waals surface area contributed by atoms with Gasteiger partial charge >= 0.3 is 0 Å². The van der Waals surface area contributed by atoms with Crippen LogP contribution in [0.1, 0.15) is 5.56 Å². The lowest BCUT2D eigenvalue weighted by atomic mass is 10.0. The Labute approximate surface area is 309 Å². The number of hydrazine groups is 1. The predicted octanol–water partition coefficient (Wildman–Crippen LogP) is 12.7. The molecule has 0 fully saturated rings. The van der Waals surface area contributed by atoms with Crippen LogP contribution in [0.3, 0.4) is 0 Å². The Kier molecular flexibility index (Phi) is 7.59. The summed E-state index contributed by atoms with van der Waals surface area (Å²) in [6.45, 7) is 0.773. The third kappa shape index (κ3) is 5.45. The van der Waals surface area contributed by atoms with Gasteiger partial charge in [0.15, 0.2) is 0 Å². The fraction of sp³-hybridized carbons (Fsp3) is 0.0204. The van der Waals surface area contributed by atoms with Crippen LogP contribution in [0, 0.1) is 0 Å². The van der Waals surface area contributed by atoms with Gasteiger partial charge in [0, 0.05) is 45.6 Å². The molecule has 0 saturated heterocycles. The fourth-order valence-electron chi connectivity index (χ4n) is 7.90. The van der Waals surface area contributed by atoms with E-state index < -0.39 is 0 Å². The Hall–Kier alpha value is -6.88. The normalized spacial score (nSPS) is 12.3. The Bertz CT molecular complexity index is 2600. The van der Waals surface area contributed by atoms with Crippen molar-refractivity contribution in [2.24, 2.45) is 0 Å². The number of anilines is 5. The highest BCUT2D eigenvalue weighted by molar-refractivity contribution is 6.13. The second-order valence-electron chi connectivity index (χ2n) is 13.5. The van der Waals surface area contributed by atoms with Crippen LogP contribution in [0.2, 0.25) is 0 Å². The zero-order valence-corrected chi connectivity index (χ0v) is 29.1. The number of fused-ring (bicyclic) bond motifs is 5. The molecule has 0 saturated carbocycles. The summed E-state index contributed by atoms with van der Waals surface area (Å²) in [5.74, 6) is 0. The molecule has 1 N–H and O–H groups in total. The number of rotatable bonds is 7. The van der Waals surface area contributed by atoms with Crippen LogP contribution >= 0.6 is 0 Å². The molecular formula is C49H36N4. The number of nitrogens with one attached hydrogen (secondary N) is 1. The van der Waals surface area contributed by atoms with Gasteiger partial charge in [-0.25, -0.2) is 5.43 Å². The summed E-state index contributed by atoms with van der Waals surface area (Å²) in [5.41, 5.74) is 19.0. The maximum absolute atomic E-state index is 3.64. The van der Waals surface area contributed by atoms with Crippen molar-refractivity contribution >= 4 is 50.2 Å². The van der Waals surface area contributed by atoms with E-state index in [9.17, 15) is 0 Å². The molecule has 2 heterocycles. The number of aromatic nitrogens is 1. The van der Waals surface area contributed by atoms with Crippen LogP contribution in [0.15, 0.2) is 200 Å². The molecular weight excluding hydrogens is 645 g/mol. The van der Waals surface area contributed by atoms with Gasteiger partial charge in [-0.2, -0.15) is 0 Å². The Morgan fingerprint density at radius 1 is 0.396 bits per heavy atom. The number of hydrogen-bond acceptors (Lipinski definition) is 3. The van der Waals surface area contributed by atoms with E-state index in [0.29, 0.717) is 0 Å². The van der Waals surface area contributed by atoms with E-state index in [1.165, 1.54) is 55.3 Å². The minimum atomic E-state index is 0.773. The van der Waals surface area contributed by atoms with Crippen molar-refractivity contribution in [1.82, 2.24) is 9.99 Å². The van der Waals surface area contributed by atoms with E-state index in [1.807, 2.05) is 0 Å². The van der Waals surface area contributed by atoms with Crippen LogP contribution in [-0.2, 0) is 6.54 Å². The van der Waals surface area contributed by atoms with Gasteiger partial charge in [-0.15, -0.1) is 0 Å². The summed E-state index contributed by atoms with van der Waals surface area (Å²) in [6.07, 6.45) is 0. The number of nitrogens with zero attached hydrogens (tertiary/aromatic N) is 3. The van der Waals surface area contributed by atoms with Crippen molar-refractivity contribution in [2.75, 3.05) is 9.91 Å².